The summed E-state index contributed by atoms with van der Waals surface area (Å²) in [6.07, 6.45) is 6.90. The topological polar surface area (TPSA) is 38.7 Å². The van der Waals surface area contributed by atoms with E-state index >= 15 is 0 Å². The minimum Gasteiger partial charge on any atom is -0.511 e. The van der Waals surface area contributed by atoms with Crippen molar-refractivity contribution in [3.8, 4) is 0 Å². The molecule has 0 spiro atoms. The van der Waals surface area contributed by atoms with Crippen LogP contribution in [0.15, 0.2) is 83.4 Å². The Balaban J connectivity index is 1.56. The Bertz CT molecular complexity index is 1300. The molecule has 4 nitrogen and oxygen atoms in total. The van der Waals surface area contributed by atoms with Gasteiger partial charge in [0.2, 0.25) is 0 Å². The largest absolute Gasteiger partial charge is 0.511 e. The second-order valence-electron chi connectivity index (χ2n) is 12.0. The fraction of sp³-hybridized carbons (Fsp3) is 0.471. The summed E-state index contributed by atoms with van der Waals surface area (Å²) in [5.74, 6) is 0.461. The molecule has 2 aliphatic heterocycles. The molecule has 2 aromatic carbocycles. The quantitative estimate of drug-likeness (QED) is 0.358. The number of aliphatic hydroxyl groups is 1. The summed E-state index contributed by atoms with van der Waals surface area (Å²) in [5, 5.41) is 15.4. The van der Waals surface area contributed by atoms with E-state index in [0.29, 0.717) is 5.76 Å². The van der Waals surface area contributed by atoms with Crippen LogP contribution in [0.1, 0.15) is 72.4 Å². The zero-order valence-electron chi connectivity index (χ0n) is 24.3. The predicted octanol–water partition coefficient (Wildman–Crippen LogP) is 7.59. The lowest BCUT2D eigenvalue weighted by Crippen LogP contribution is -2.47. The van der Waals surface area contributed by atoms with Crippen LogP contribution in [-0.4, -0.2) is 30.8 Å². The Hall–Kier alpha value is -2.98. The van der Waals surface area contributed by atoms with Crippen molar-refractivity contribution in [2.24, 2.45) is 5.92 Å². The van der Waals surface area contributed by atoms with E-state index in [2.05, 4.69) is 124 Å². The first-order valence-electron chi connectivity index (χ1n) is 14.5. The van der Waals surface area contributed by atoms with Crippen LogP contribution < -0.4 is 15.1 Å². The molecule has 0 fully saturated rings. The number of benzene rings is 2. The molecule has 0 saturated carbocycles. The number of unbranched alkanes of at least 4 members (excludes halogenated alkanes) is 1. The third kappa shape index (κ3) is 4.00. The third-order valence-electron chi connectivity index (χ3n) is 9.06. The molecule has 0 saturated heterocycles. The average molecular weight is 512 g/mol. The summed E-state index contributed by atoms with van der Waals surface area (Å²) in [4.78, 5) is 4.84. The highest BCUT2D eigenvalue weighted by molar-refractivity contribution is 5.72. The molecule has 5 rings (SSSR count). The van der Waals surface area contributed by atoms with Gasteiger partial charge in [-0.05, 0) is 56.1 Å². The maximum absolute atomic E-state index is 11.6. The zero-order valence-corrected chi connectivity index (χ0v) is 24.3. The molecule has 2 unspecified atom stereocenters. The van der Waals surface area contributed by atoms with Gasteiger partial charge in [0.25, 0.3) is 0 Å². The number of nitrogens with zero attached hydrogens (tertiary/aromatic N) is 2. The number of likely N-dealkylation sites (N-methyl/N-ethyl adjacent to an activating group) is 2. The van der Waals surface area contributed by atoms with Gasteiger partial charge in [-0.25, -0.2) is 0 Å². The van der Waals surface area contributed by atoms with Gasteiger partial charge in [0.05, 0.1) is 5.92 Å². The number of rotatable bonds is 8. The molecule has 0 aromatic heterocycles. The average Bonchev–Trinajstić information content (AvgIpc) is 3.27. The minimum absolute atomic E-state index is 0.0432. The summed E-state index contributed by atoms with van der Waals surface area (Å²) < 4.78 is 0. The first-order chi connectivity index (χ1) is 18.2. The van der Waals surface area contributed by atoms with E-state index in [9.17, 15) is 5.11 Å². The third-order valence-corrected chi connectivity index (χ3v) is 9.06. The van der Waals surface area contributed by atoms with E-state index in [-0.39, 0.29) is 22.8 Å². The Labute approximate surface area is 229 Å². The van der Waals surface area contributed by atoms with Gasteiger partial charge in [0.1, 0.15) is 5.76 Å². The lowest BCUT2D eigenvalue weighted by Gasteiger charge is -2.40. The molecule has 2 aromatic rings. The molecule has 3 aliphatic rings. The van der Waals surface area contributed by atoms with E-state index in [1.165, 1.54) is 33.9 Å². The highest BCUT2D eigenvalue weighted by Crippen LogP contribution is 2.51. The summed E-state index contributed by atoms with van der Waals surface area (Å²) in [6.45, 7) is 18.7. The van der Waals surface area contributed by atoms with Crippen molar-refractivity contribution >= 4 is 11.4 Å². The maximum Gasteiger partial charge on any atom is 0.106 e. The summed E-state index contributed by atoms with van der Waals surface area (Å²) >= 11 is 0. The SMILES string of the molecule is CCCCNC1C(C=C2N(CC)c3ccccc3C2(C)C)=C(O)C1C=C1N(CC)c2ccccc2C1(C)C. The van der Waals surface area contributed by atoms with Gasteiger partial charge in [-0.15, -0.1) is 0 Å². The Kier molecular flexibility index (Phi) is 6.98. The number of anilines is 2. The molecule has 0 amide bonds. The van der Waals surface area contributed by atoms with Crippen LogP contribution in [0.2, 0.25) is 0 Å². The lowest BCUT2D eigenvalue weighted by atomic mass is 9.73. The van der Waals surface area contributed by atoms with Crippen molar-refractivity contribution in [3.05, 3.63) is 94.5 Å². The van der Waals surface area contributed by atoms with Crippen molar-refractivity contribution in [3.63, 3.8) is 0 Å². The van der Waals surface area contributed by atoms with E-state index < -0.39 is 0 Å². The molecule has 2 heterocycles. The van der Waals surface area contributed by atoms with Crippen LogP contribution in [0.25, 0.3) is 0 Å². The summed E-state index contributed by atoms with van der Waals surface area (Å²) in [7, 11) is 0. The fourth-order valence-electron chi connectivity index (χ4n) is 6.86. The lowest BCUT2D eigenvalue weighted by molar-refractivity contribution is 0.267. The fourth-order valence-corrected chi connectivity index (χ4v) is 6.86. The van der Waals surface area contributed by atoms with Crippen molar-refractivity contribution < 1.29 is 5.11 Å². The first kappa shape index (κ1) is 26.6. The molecular formula is C34H45N3O. The highest BCUT2D eigenvalue weighted by Gasteiger charge is 2.46. The van der Waals surface area contributed by atoms with Crippen LogP contribution in [-0.2, 0) is 10.8 Å². The van der Waals surface area contributed by atoms with E-state index in [1.807, 2.05) is 0 Å². The van der Waals surface area contributed by atoms with Gasteiger partial charge in [0.15, 0.2) is 0 Å². The number of fused-ring (bicyclic) bond motifs is 2. The summed E-state index contributed by atoms with van der Waals surface area (Å²) in [5.41, 5.74) is 8.64. The van der Waals surface area contributed by atoms with Crippen molar-refractivity contribution in [1.82, 2.24) is 5.32 Å². The molecular weight excluding hydrogens is 466 g/mol. The molecule has 2 N–H and O–H groups in total. The van der Waals surface area contributed by atoms with Crippen LogP contribution in [0.4, 0.5) is 11.4 Å². The van der Waals surface area contributed by atoms with E-state index in [4.69, 9.17) is 0 Å². The smallest absolute Gasteiger partial charge is 0.106 e. The van der Waals surface area contributed by atoms with Crippen molar-refractivity contribution in [2.75, 3.05) is 29.4 Å². The van der Waals surface area contributed by atoms with Gasteiger partial charge in [-0.3, -0.25) is 0 Å². The minimum atomic E-state index is -0.120. The van der Waals surface area contributed by atoms with Crippen molar-refractivity contribution in [2.45, 2.75) is 78.2 Å². The molecule has 38 heavy (non-hydrogen) atoms. The van der Waals surface area contributed by atoms with Gasteiger partial charge in [0, 0.05) is 58.3 Å². The zero-order chi connectivity index (χ0) is 27.2. The molecule has 1 aliphatic carbocycles. The first-order valence-corrected chi connectivity index (χ1v) is 14.5. The number of aliphatic hydroxyl groups excluding tert-OH is 1. The Morgan fingerprint density at radius 1 is 0.816 bits per heavy atom. The van der Waals surface area contributed by atoms with Crippen molar-refractivity contribution in [1.29, 1.82) is 0 Å². The molecule has 0 radical (unpaired) electrons. The normalized spacial score (nSPS) is 25.2. The van der Waals surface area contributed by atoms with E-state index in [1.54, 1.807) is 0 Å². The molecule has 0 bridgehead atoms. The van der Waals surface area contributed by atoms with Gasteiger partial charge in [-0.2, -0.15) is 0 Å². The van der Waals surface area contributed by atoms with Gasteiger partial charge in [-0.1, -0.05) is 83.5 Å². The van der Waals surface area contributed by atoms with Gasteiger partial charge < -0.3 is 20.2 Å². The standard InChI is InChI=1S/C34H45N3O/c1-8-11-20-35-31-23(21-29-33(4,5)25-16-12-14-18-27(25)36(29)9-2)32(38)24(31)22-30-34(6,7)26-17-13-15-19-28(26)37(30)10-3/h12-19,21-23,31,35,38H,8-11,20H2,1-7H3. The second kappa shape index (κ2) is 9.96. The number of hydrogen-bond donors (Lipinski definition) is 2. The molecule has 2 atom stereocenters. The number of hydrogen-bond acceptors (Lipinski definition) is 4. The Morgan fingerprint density at radius 2 is 1.34 bits per heavy atom. The summed E-state index contributed by atoms with van der Waals surface area (Å²) in [6, 6.07) is 17.6. The number of para-hydroxylation sites is 2. The second-order valence-corrected chi connectivity index (χ2v) is 12.0. The monoisotopic (exact) mass is 511 g/mol. The van der Waals surface area contributed by atoms with Crippen LogP contribution in [0.3, 0.4) is 0 Å². The van der Waals surface area contributed by atoms with Crippen LogP contribution >= 0.6 is 0 Å². The predicted molar refractivity (Wildman–Crippen MR) is 161 cm³/mol. The highest BCUT2D eigenvalue weighted by atomic mass is 16.3. The number of allylic oxidation sites excluding steroid dienone is 2. The van der Waals surface area contributed by atoms with Crippen LogP contribution in [0.5, 0.6) is 0 Å². The van der Waals surface area contributed by atoms with Crippen LogP contribution in [0, 0.1) is 5.92 Å². The molecule has 4 heteroatoms. The van der Waals surface area contributed by atoms with E-state index in [0.717, 1.165) is 38.0 Å². The number of nitrogens with one attached hydrogen (secondary N) is 1. The Morgan fingerprint density at radius 3 is 1.89 bits per heavy atom. The van der Waals surface area contributed by atoms with Gasteiger partial charge >= 0.3 is 0 Å². The maximum atomic E-state index is 11.6. The molecule has 202 valence electrons.